The molecule has 0 heterocycles. The maximum Gasteiger partial charge on any atom is 0.338 e. The van der Waals surface area contributed by atoms with Crippen molar-refractivity contribution in [2.45, 2.75) is 92.9 Å². The molecule has 5 atom stereocenters. The molecule has 0 aliphatic rings. The maximum absolute atomic E-state index is 12.7. The Balaban J connectivity index is 1.42. The van der Waals surface area contributed by atoms with Gasteiger partial charge in [0.25, 0.3) is 0 Å². The van der Waals surface area contributed by atoms with Gasteiger partial charge in [0, 0.05) is 12.1 Å². The molecule has 49 heavy (non-hydrogen) atoms. The second kappa shape index (κ2) is 21.6. The third kappa shape index (κ3) is 13.0. The molecule has 1 amide bonds. The van der Waals surface area contributed by atoms with Crippen molar-refractivity contribution in [2.24, 2.45) is 23.7 Å². The fourth-order valence-corrected chi connectivity index (χ4v) is 9.58. The SMILES string of the molecule is C=C/C(=C(\C)c1ccccc1)P(CCCCCC(=O)Nc1ccc(C(=O)OCC[C@@H](C)C[C@H](C)[C@H](CC)[C@@H](C)CC)cc1)c1ccccc1. The lowest BCUT2D eigenvalue weighted by Crippen LogP contribution is -2.21. The van der Waals surface area contributed by atoms with Gasteiger partial charge in [-0.2, -0.15) is 0 Å². The molecule has 0 fully saturated rings. The Morgan fingerprint density at radius 2 is 1.47 bits per heavy atom. The number of benzene rings is 3. The van der Waals surface area contributed by atoms with Gasteiger partial charge in [0.15, 0.2) is 0 Å². The van der Waals surface area contributed by atoms with E-state index in [0.717, 1.165) is 50.1 Å². The van der Waals surface area contributed by atoms with E-state index >= 15 is 0 Å². The Hall–Kier alpha value is -3.49. The fourth-order valence-electron chi connectivity index (χ4n) is 6.98. The topological polar surface area (TPSA) is 55.4 Å². The first-order valence-corrected chi connectivity index (χ1v) is 20.0. The Bertz CT molecular complexity index is 1450. The summed E-state index contributed by atoms with van der Waals surface area (Å²) in [6, 6.07) is 28.3. The Kier molecular flexibility index (Phi) is 17.6. The van der Waals surface area contributed by atoms with Crippen molar-refractivity contribution in [3.8, 4) is 0 Å². The summed E-state index contributed by atoms with van der Waals surface area (Å²) < 4.78 is 5.60. The largest absolute Gasteiger partial charge is 0.462 e. The van der Waals surface area contributed by atoms with Crippen LogP contribution in [0.1, 0.15) is 109 Å². The average molecular weight is 682 g/mol. The Morgan fingerprint density at radius 3 is 2.08 bits per heavy atom. The van der Waals surface area contributed by atoms with Crippen LogP contribution in [-0.2, 0) is 9.53 Å². The van der Waals surface area contributed by atoms with Crippen molar-refractivity contribution >= 4 is 36.4 Å². The third-order valence-electron chi connectivity index (χ3n) is 10.0. The molecule has 0 spiro atoms. The minimum absolute atomic E-state index is 0.00546. The average Bonchev–Trinajstić information content (AvgIpc) is 3.12. The molecule has 0 bridgehead atoms. The Labute approximate surface area is 298 Å². The zero-order chi connectivity index (χ0) is 35.6. The maximum atomic E-state index is 12.7. The van der Waals surface area contributed by atoms with Gasteiger partial charge in [-0.05, 0) is 116 Å². The second-order valence-electron chi connectivity index (χ2n) is 13.7. The number of carbonyl (C=O) groups excluding carboxylic acids is 2. The van der Waals surface area contributed by atoms with Crippen LogP contribution in [0, 0.1) is 23.7 Å². The van der Waals surface area contributed by atoms with Crippen LogP contribution in [0.5, 0.6) is 0 Å². The van der Waals surface area contributed by atoms with Crippen LogP contribution < -0.4 is 10.6 Å². The van der Waals surface area contributed by atoms with E-state index in [-0.39, 0.29) is 11.9 Å². The molecule has 5 heteroatoms. The standard InChI is InChI=1S/C44H60NO3P/c1-8-34(5)41(9-2)35(6)32-33(4)29-30-48-44(47)38-25-27-39(28-26-38)45-43(46)24-18-13-19-31-49(40-22-16-12-17-23-40)42(10-3)36(7)37-20-14-11-15-21-37/h10-12,14-17,20-23,25-28,33-35,41H,3,8-9,13,18-19,24,29-32H2,1-2,4-7H3,(H,45,46)/b42-36-/t33-,34+,35+,41-,49?/m1/s1. The van der Waals surface area contributed by atoms with E-state index in [4.69, 9.17) is 4.74 Å². The lowest BCUT2D eigenvalue weighted by atomic mass is 9.76. The summed E-state index contributed by atoms with van der Waals surface area (Å²) in [5.41, 5.74) is 3.71. The first kappa shape index (κ1) is 39.9. The van der Waals surface area contributed by atoms with Gasteiger partial charge in [0.1, 0.15) is 0 Å². The normalized spacial score (nSPS) is 14.9. The highest BCUT2D eigenvalue weighted by Crippen LogP contribution is 2.48. The number of anilines is 1. The van der Waals surface area contributed by atoms with Gasteiger partial charge >= 0.3 is 5.97 Å². The van der Waals surface area contributed by atoms with Crippen molar-refractivity contribution in [3.05, 3.63) is 114 Å². The zero-order valence-corrected chi connectivity index (χ0v) is 31.8. The van der Waals surface area contributed by atoms with Crippen LogP contribution in [0.3, 0.4) is 0 Å². The molecule has 0 saturated carbocycles. The first-order chi connectivity index (χ1) is 23.7. The molecule has 3 aromatic carbocycles. The van der Waals surface area contributed by atoms with Gasteiger partial charge in [-0.1, -0.05) is 127 Å². The molecule has 3 aromatic rings. The van der Waals surface area contributed by atoms with Crippen LogP contribution in [0.4, 0.5) is 5.69 Å². The summed E-state index contributed by atoms with van der Waals surface area (Å²) in [6.45, 7) is 18.4. The van der Waals surface area contributed by atoms with Gasteiger partial charge in [0.2, 0.25) is 5.91 Å². The number of hydrogen-bond donors (Lipinski definition) is 1. The number of unbranched alkanes of at least 4 members (excludes halogenated alkanes) is 2. The molecular formula is C44H60NO3P. The van der Waals surface area contributed by atoms with Crippen LogP contribution in [0.25, 0.3) is 5.57 Å². The number of hydrogen-bond acceptors (Lipinski definition) is 3. The Morgan fingerprint density at radius 1 is 0.816 bits per heavy atom. The van der Waals surface area contributed by atoms with Gasteiger partial charge in [0.05, 0.1) is 12.2 Å². The number of carbonyl (C=O) groups is 2. The van der Waals surface area contributed by atoms with Crippen LogP contribution in [0.15, 0.2) is 103 Å². The van der Waals surface area contributed by atoms with Gasteiger partial charge in [-0.15, -0.1) is 0 Å². The molecule has 4 nitrogen and oxygen atoms in total. The molecule has 264 valence electrons. The quantitative estimate of drug-likeness (QED) is 0.0527. The molecule has 1 unspecified atom stereocenters. The summed E-state index contributed by atoms with van der Waals surface area (Å²) in [4.78, 5) is 25.4. The van der Waals surface area contributed by atoms with Crippen molar-refractivity contribution < 1.29 is 14.3 Å². The smallest absolute Gasteiger partial charge is 0.338 e. The highest BCUT2D eigenvalue weighted by Gasteiger charge is 2.23. The highest BCUT2D eigenvalue weighted by molar-refractivity contribution is 7.70. The van der Waals surface area contributed by atoms with Gasteiger partial charge < -0.3 is 10.1 Å². The molecule has 0 aliphatic heterocycles. The van der Waals surface area contributed by atoms with Gasteiger partial charge in [-0.25, -0.2) is 4.79 Å². The molecule has 0 radical (unpaired) electrons. The summed E-state index contributed by atoms with van der Waals surface area (Å²) in [5.74, 6) is 2.35. The van der Waals surface area contributed by atoms with Crippen LogP contribution >= 0.6 is 7.92 Å². The predicted molar refractivity (Wildman–Crippen MR) is 212 cm³/mol. The number of amides is 1. The van der Waals surface area contributed by atoms with E-state index < -0.39 is 7.92 Å². The summed E-state index contributed by atoms with van der Waals surface area (Å²) in [5, 5.41) is 5.66. The lowest BCUT2D eigenvalue weighted by Gasteiger charge is -2.30. The molecule has 3 rings (SSSR count). The van der Waals surface area contributed by atoms with E-state index in [0.29, 0.717) is 36.1 Å². The molecule has 0 saturated heterocycles. The van der Waals surface area contributed by atoms with Crippen molar-refractivity contribution in [1.29, 1.82) is 0 Å². The van der Waals surface area contributed by atoms with E-state index in [1.165, 1.54) is 34.6 Å². The van der Waals surface area contributed by atoms with Crippen LogP contribution in [0.2, 0.25) is 0 Å². The second-order valence-corrected chi connectivity index (χ2v) is 16.0. The fraction of sp³-hybridized carbons (Fsp3) is 0.455. The van der Waals surface area contributed by atoms with E-state index in [9.17, 15) is 9.59 Å². The summed E-state index contributed by atoms with van der Waals surface area (Å²) in [6.07, 6.45) is 10.9. The minimum Gasteiger partial charge on any atom is -0.462 e. The van der Waals surface area contributed by atoms with E-state index in [2.05, 4.69) is 108 Å². The first-order valence-electron chi connectivity index (χ1n) is 18.5. The van der Waals surface area contributed by atoms with Crippen LogP contribution in [-0.4, -0.2) is 24.6 Å². The molecular weight excluding hydrogens is 621 g/mol. The number of esters is 1. The zero-order valence-electron chi connectivity index (χ0n) is 30.9. The number of allylic oxidation sites excluding steroid dienone is 3. The minimum atomic E-state index is -0.557. The molecule has 0 aromatic heterocycles. The third-order valence-corrected chi connectivity index (χ3v) is 12.8. The lowest BCUT2D eigenvalue weighted by molar-refractivity contribution is -0.116. The monoisotopic (exact) mass is 681 g/mol. The molecule has 0 aliphatic carbocycles. The van der Waals surface area contributed by atoms with E-state index in [1.54, 1.807) is 24.3 Å². The van der Waals surface area contributed by atoms with E-state index in [1.807, 2.05) is 12.1 Å². The van der Waals surface area contributed by atoms with Crippen molar-refractivity contribution in [3.63, 3.8) is 0 Å². The summed E-state index contributed by atoms with van der Waals surface area (Å²) in [7, 11) is -0.557. The molecule has 1 N–H and O–H groups in total. The van der Waals surface area contributed by atoms with Gasteiger partial charge in [-0.3, -0.25) is 4.79 Å². The highest BCUT2D eigenvalue weighted by atomic mass is 31.1. The summed E-state index contributed by atoms with van der Waals surface area (Å²) >= 11 is 0. The van der Waals surface area contributed by atoms with Crippen molar-refractivity contribution in [1.82, 2.24) is 0 Å². The number of ether oxygens (including phenoxy) is 1. The number of nitrogens with one attached hydrogen (secondary N) is 1. The number of rotatable bonds is 21. The van der Waals surface area contributed by atoms with Crippen molar-refractivity contribution in [2.75, 3.05) is 18.1 Å². The predicted octanol–water partition coefficient (Wildman–Crippen LogP) is 11.9.